The summed E-state index contributed by atoms with van der Waals surface area (Å²) in [5, 5.41) is 3.87. The number of ether oxygens (including phenoxy) is 1. The molecule has 1 aromatic carbocycles. The van der Waals surface area contributed by atoms with E-state index in [1.807, 2.05) is 6.07 Å². The van der Waals surface area contributed by atoms with Gasteiger partial charge < -0.3 is 10.5 Å². The van der Waals surface area contributed by atoms with Gasteiger partial charge in [-0.15, -0.1) is 0 Å². The van der Waals surface area contributed by atoms with Crippen LogP contribution in [0.25, 0.3) is 0 Å². The highest BCUT2D eigenvalue weighted by Gasteiger charge is 2.14. The molecule has 0 saturated carbocycles. The van der Waals surface area contributed by atoms with Crippen molar-refractivity contribution in [3.05, 3.63) is 42.1 Å². The zero-order valence-electron chi connectivity index (χ0n) is 8.75. The van der Waals surface area contributed by atoms with Crippen molar-refractivity contribution >= 4 is 11.8 Å². The van der Waals surface area contributed by atoms with Gasteiger partial charge >= 0.3 is 5.97 Å². The summed E-state index contributed by atoms with van der Waals surface area (Å²) >= 11 is 0. The van der Waals surface area contributed by atoms with Gasteiger partial charge in [0.05, 0.1) is 0 Å². The van der Waals surface area contributed by atoms with Crippen molar-refractivity contribution in [1.29, 1.82) is 0 Å². The highest BCUT2D eigenvalue weighted by molar-refractivity contribution is 5.90. The lowest BCUT2D eigenvalue weighted by atomic mass is 10.3. The van der Waals surface area contributed by atoms with Gasteiger partial charge in [-0.2, -0.15) is 5.10 Å². The SMILES string of the molecule is Cn1nc(N)cc1C(=O)Oc1ccccc1. The third-order valence-electron chi connectivity index (χ3n) is 2.06. The highest BCUT2D eigenvalue weighted by Crippen LogP contribution is 2.12. The zero-order chi connectivity index (χ0) is 11.5. The van der Waals surface area contributed by atoms with Gasteiger partial charge in [0.15, 0.2) is 0 Å². The first-order chi connectivity index (χ1) is 7.66. The Morgan fingerprint density at radius 1 is 1.38 bits per heavy atom. The maximum Gasteiger partial charge on any atom is 0.362 e. The third-order valence-corrected chi connectivity index (χ3v) is 2.06. The molecule has 1 aromatic heterocycles. The number of aryl methyl sites for hydroxylation is 1. The molecule has 0 aliphatic carbocycles. The van der Waals surface area contributed by atoms with E-state index in [0.29, 0.717) is 17.3 Å². The minimum Gasteiger partial charge on any atom is -0.422 e. The number of anilines is 1. The van der Waals surface area contributed by atoms with E-state index in [1.54, 1.807) is 31.3 Å². The predicted molar refractivity (Wildman–Crippen MR) is 59.0 cm³/mol. The fourth-order valence-electron chi connectivity index (χ4n) is 1.33. The van der Waals surface area contributed by atoms with Gasteiger partial charge in [-0.25, -0.2) is 4.79 Å². The molecule has 0 aliphatic heterocycles. The Balaban J connectivity index is 2.18. The van der Waals surface area contributed by atoms with Crippen LogP contribution in [0, 0.1) is 0 Å². The standard InChI is InChI=1S/C11H11N3O2/c1-14-9(7-10(12)13-14)11(15)16-8-5-3-2-4-6-8/h2-7H,1H3,(H2,12,13). The maximum absolute atomic E-state index is 11.7. The molecular formula is C11H11N3O2. The molecule has 0 bridgehead atoms. The van der Waals surface area contributed by atoms with Gasteiger partial charge in [0.25, 0.3) is 0 Å². The topological polar surface area (TPSA) is 70.1 Å². The number of benzene rings is 1. The molecule has 0 saturated heterocycles. The molecule has 82 valence electrons. The van der Waals surface area contributed by atoms with E-state index in [-0.39, 0.29) is 0 Å². The molecule has 0 unspecified atom stereocenters. The molecule has 0 amide bonds. The second-order valence-electron chi connectivity index (χ2n) is 3.28. The molecular weight excluding hydrogens is 206 g/mol. The fraction of sp³-hybridized carbons (Fsp3) is 0.0909. The number of carbonyl (C=O) groups is 1. The van der Waals surface area contributed by atoms with Crippen LogP contribution < -0.4 is 10.5 Å². The van der Waals surface area contributed by atoms with Crippen molar-refractivity contribution in [3.63, 3.8) is 0 Å². The van der Waals surface area contributed by atoms with Crippen LogP contribution in [0.2, 0.25) is 0 Å². The van der Waals surface area contributed by atoms with Crippen molar-refractivity contribution in [2.75, 3.05) is 5.73 Å². The average molecular weight is 217 g/mol. The second kappa shape index (κ2) is 4.06. The molecule has 2 aromatic rings. The van der Waals surface area contributed by atoms with Gasteiger partial charge in [0, 0.05) is 13.1 Å². The Bertz CT molecular complexity index is 505. The number of nitrogens with two attached hydrogens (primary N) is 1. The van der Waals surface area contributed by atoms with Crippen LogP contribution in [0.15, 0.2) is 36.4 Å². The number of aromatic nitrogens is 2. The number of hydrogen-bond donors (Lipinski definition) is 1. The summed E-state index contributed by atoms with van der Waals surface area (Å²) in [6.45, 7) is 0. The number of rotatable bonds is 2. The van der Waals surface area contributed by atoms with Crippen molar-refractivity contribution in [2.45, 2.75) is 0 Å². The lowest BCUT2D eigenvalue weighted by Gasteiger charge is -2.03. The molecule has 2 rings (SSSR count). The molecule has 2 N–H and O–H groups in total. The van der Waals surface area contributed by atoms with E-state index in [0.717, 1.165) is 0 Å². The monoisotopic (exact) mass is 217 g/mol. The summed E-state index contributed by atoms with van der Waals surface area (Å²) in [6.07, 6.45) is 0. The molecule has 1 heterocycles. The van der Waals surface area contributed by atoms with E-state index in [2.05, 4.69) is 5.10 Å². The largest absolute Gasteiger partial charge is 0.422 e. The van der Waals surface area contributed by atoms with Crippen LogP contribution in [-0.4, -0.2) is 15.7 Å². The number of carbonyl (C=O) groups excluding carboxylic acids is 1. The number of nitrogens with zero attached hydrogens (tertiary/aromatic N) is 2. The number of esters is 1. The van der Waals surface area contributed by atoms with Crippen LogP contribution in [0.5, 0.6) is 5.75 Å². The predicted octanol–water partition coefficient (Wildman–Crippen LogP) is 1.22. The van der Waals surface area contributed by atoms with Gasteiger partial charge in [-0.3, -0.25) is 4.68 Å². The molecule has 5 nitrogen and oxygen atoms in total. The molecule has 0 fully saturated rings. The molecule has 0 spiro atoms. The van der Waals surface area contributed by atoms with E-state index in [9.17, 15) is 4.79 Å². The van der Waals surface area contributed by atoms with Crippen molar-refractivity contribution in [1.82, 2.24) is 9.78 Å². The van der Waals surface area contributed by atoms with E-state index >= 15 is 0 Å². The molecule has 0 aliphatic rings. The summed E-state index contributed by atoms with van der Waals surface area (Å²) in [4.78, 5) is 11.7. The van der Waals surface area contributed by atoms with Gasteiger partial charge in [-0.05, 0) is 12.1 Å². The van der Waals surface area contributed by atoms with Gasteiger partial charge in [0.1, 0.15) is 17.3 Å². The summed E-state index contributed by atoms with van der Waals surface area (Å²) in [5.74, 6) is 0.313. The normalized spacial score (nSPS) is 10.1. The smallest absolute Gasteiger partial charge is 0.362 e. The van der Waals surface area contributed by atoms with Crippen LogP contribution in [-0.2, 0) is 7.05 Å². The van der Waals surface area contributed by atoms with Gasteiger partial charge in [-0.1, -0.05) is 18.2 Å². The Hall–Kier alpha value is -2.30. The fourth-order valence-corrected chi connectivity index (χ4v) is 1.33. The molecule has 0 atom stereocenters. The van der Waals surface area contributed by atoms with E-state index in [1.165, 1.54) is 10.7 Å². The first-order valence-corrected chi connectivity index (χ1v) is 4.73. The van der Waals surface area contributed by atoms with Crippen molar-refractivity contribution in [3.8, 4) is 5.75 Å². The van der Waals surface area contributed by atoms with Crippen molar-refractivity contribution < 1.29 is 9.53 Å². The molecule has 16 heavy (non-hydrogen) atoms. The average Bonchev–Trinajstić information content (AvgIpc) is 2.59. The minimum absolute atomic E-state index is 0.294. The zero-order valence-corrected chi connectivity index (χ0v) is 8.75. The Morgan fingerprint density at radius 2 is 2.06 bits per heavy atom. The van der Waals surface area contributed by atoms with Crippen molar-refractivity contribution in [2.24, 2.45) is 7.05 Å². The quantitative estimate of drug-likeness (QED) is 0.606. The Morgan fingerprint density at radius 3 is 2.62 bits per heavy atom. The lowest BCUT2D eigenvalue weighted by Crippen LogP contribution is -2.13. The summed E-state index contributed by atoms with van der Waals surface area (Å²) < 4.78 is 6.53. The lowest BCUT2D eigenvalue weighted by molar-refractivity contribution is 0.0723. The van der Waals surface area contributed by atoms with Crippen LogP contribution in [0.4, 0.5) is 5.82 Å². The van der Waals surface area contributed by atoms with E-state index < -0.39 is 5.97 Å². The summed E-state index contributed by atoms with van der Waals surface area (Å²) in [7, 11) is 1.64. The Kier molecular flexibility index (Phi) is 2.59. The summed E-state index contributed by atoms with van der Waals surface area (Å²) in [6, 6.07) is 10.3. The third kappa shape index (κ3) is 2.03. The first kappa shape index (κ1) is 10.2. The first-order valence-electron chi connectivity index (χ1n) is 4.73. The van der Waals surface area contributed by atoms with Gasteiger partial charge in [0.2, 0.25) is 0 Å². The highest BCUT2D eigenvalue weighted by atomic mass is 16.5. The van der Waals surface area contributed by atoms with Crippen LogP contribution >= 0.6 is 0 Å². The summed E-state index contributed by atoms with van der Waals surface area (Å²) in [5.41, 5.74) is 5.79. The Labute approximate surface area is 92.4 Å². The minimum atomic E-state index is -0.474. The molecule has 5 heteroatoms. The number of nitrogen functional groups attached to an aromatic ring is 1. The second-order valence-corrected chi connectivity index (χ2v) is 3.28. The number of para-hydroxylation sites is 1. The van der Waals surface area contributed by atoms with Crippen LogP contribution in [0.1, 0.15) is 10.5 Å². The molecule has 0 radical (unpaired) electrons. The maximum atomic E-state index is 11.7. The number of hydrogen-bond acceptors (Lipinski definition) is 4. The van der Waals surface area contributed by atoms with Crippen LogP contribution in [0.3, 0.4) is 0 Å². The van der Waals surface area contributed by atoms with E-state index in [4.69, 9.17) is 10.5 Å².